The maximum absolute atomic E-state index is 13.5. The zero-order valence-electron chi connectivity index (χ0n) is 13.2. The van der Waals surface area contributed by atoms with Crippen LogP contribution in [0.1, 0.15) is 53.0 Å². The van der Waals surface area contributed by atoms with Crippen LogP contribution < -0.4 is 5.32 Å². The predicted octanol–water partition coefficient (Wildman–Crippen LogP) is 4.55. The highest BCUT2D eigenvalue weighted by molar-refractivity contribution is 7.11. The monoisotopic (exact) mass is 306 g/mol. The van der Waals surface area contributed by atoms with Gasteiger partial charge in [-0.25, -0.2) is 9.37 Å². The topological polar surface area (TPSA) is 24.9 Å². The lowest BCUT2D eigenvalue weighted by molar-refractivity contribution is 0.587. The summed E-state index contributed by atoms with van der Waals surface area (Å²) in [6, 6.07) is 5.38. The van der Waals surface area contributed by atoms with E-state index in [0.29, 0.717) is 5.56 Å². The van der Waals surface area contributed by atoms with Crippen molar-refractivity contribution in [3.05, 3.63) is 50.7 Å². The second-order valence-electron chi connectivity index (χ2n) is 5.30. The number of thiazole rings is 1. The third kappa shape index (κ3) is 3.69. The molecule has 114 valence electrons. The molecule has 1 unspecified atom stereocenters. The van der Waals surface area contributed by atoms with Crippen LogP contribution in [0.15, 0.2) is 18.2 Å². The first kappa shape index (κ1) is 16.1. The number of aryl methyl sites for hydroxylation is 3. The number of aromatic nitrogens is 1. The second kappa shape index (κ2) is 7.14. The van der Waals surface area contributed by atoms with E-state index >= 15 is 0 Å². The summed E-state index contributed by atoms with van der Waals surface area (Å²) in [5.41, 5.74) is 2.93. The van der Waals surface area contributed by atoms with E-state index in [2.05, 4.69) is 26.1 Å². The Morgan fingerprint density at radius 3 is 2.62 bits per heavy atom. The predicted molar refractivity (Wildman–Crippen MR) is 87.5 cm³/mol. The third-order valence-corrected chi connectivity index (χ3v) is 4.68. The molecule has 1 atom stereocenters. The fourth-order valence-corrected chi connectivity index (χ4v) is 3.50. The van der Waals surface area contributed by atoms with Crippen LogP contribution >= 0.6 is 11.3 Å². The smallest absolute Gasteiger partial charge is 0.126 e. The molecule has 4 heteroatoms. The Labute approximate surface area is 130 Å². The largest absolute Gasteiger partial charge is 0.304 e. The highest BCUT2D eigenvalue weighted by atomic mass is 32.1. The van der Waals surface area contributed by atoms with E-state index in [0.717, 1.165) is 35.7 Å². The number of nitrogens with one attached hydrogen (secondary N) is 1. The quantitative estimate of drug-likeness (QED) is 0.847. The molecule has 0 bridgehead atoms. The second-order valence-corrected chi connectivity index (χ2v) is 6.54. The van der Waals surface area contributed by atoms with Crippen molar-refractivity contribution in [2.45, 2.75) is 46.6 Å². The molecule has 0 amide bonds. The summed E-state index contributed by atoms with van der Waals surface area (Å²) in [6.07, 6.45) is 2.01. The third-order valence-electron chi connectivity index (χ3n) is 3.60. The van der Waals surface area contributed by atoms with Gasteiger partial charge in [0.25, 0.3) is 0 Å². The van der Waals surface area contributed by atoms with Crippen molar-refractivity contribution in [3.63, 3.8) is 0 Å². The normalized spacial score (nSPS) is 12.6. The Balaban J connectivity index is 2.38. The Kier molecular flexibility index (Phi) is 5.48. The van der Waals surface area contributed by atoms with Crippen molar-refractivity contribution in [2.24, 2.45) is 0 Å². The van der Waals surface area contributed by atoms with E-state index in [4.69, 9.17) is 4.98 Å². The average molecular weight is 306 g/mol. The highest BCUT2D eigenvalue weighted by Crippen LogP contribution is 2.29. The lowest BCUT2D eigenvalue weighted by Crippen LogP contribution is -2.23. The Morgan fingerprint density at radius 2 is 2.05 bits per heavy atom. The van der Waals surface area contributed by atoms with E-state index in [1.165, 1.54) is 4.88 Å². The van der Waals surface area contributed by atoms with Crippen LogP contribution in [0, 0.1) is 19.7 Å². The molecule has 1 heterocycles. The first-order valence-electron chi connectivity index (χ1n) is 7.52. The molecule has 0 aliphatic rings. The molecule has 1 N–H and O–H groups in total. The van der Waals surface area contributed by atoms with Crippen LogP contribution in [-0.2, 0) is 6.42 Å². The number of benzene rings is 1. The van der Waals surface area contributed by atoms with Crippen LogP contribution in [-0.4, -0.2) is 11.5 Å². The van der Waals surface area contributed by atoms with E-state index < -0.39 is 0 Å². The van der Waals surface area contributed by atoms with Crippen molar-refractivity contribution in [2.75, 3.05) is 6.54 Å². The van der Waals surface area contributed by atoms with Crippen LogP contribution in [0.4, 0.5) is 4.39 Å². The molecule has 2 rings (SSSR count). The maximum Gasteiger partial charge on any atom is 0.126 e. The van der Waals surface area contributed by atoms with Gasteiger partial charge in [0.15, 0.2) is 0 Å². The van der Waals surface area contributed by atoms with Gasteiger partial charge >= 0.3 is 0 Å². The molecule has 21 heavy (non-hydrogen) atoms. The summed E-state index contributed by atoms with van der Waals surface area (Å²) in [5.74, 6) is -0.155. The van der Waals surface area contributed by atoms with Crippen LogP contribution in [0.25, 0.3) is 0 Å². The molecular formula is C17H23FN2S. The summed E-state index contributed by atoms with van der Waals surface area (Å²) >= 11 is 1.74. The fourth-order valence-electron chi connectivity index (χ4n) is 2.39. The van der Waals surface area contributed by atoms with E-state index in [-0.39, 0.29) is 11.9 Å². The Bertz CT molecular complexity index is 607. The number of hydrogen-bond acceptors (Lipinski definition) is 3. The summed E-state index contributed by atoms with van der Waals surface area (Å²) in [5, 5.41) is 4.61. The minimum Gasteiger partial charge on any atom is -0.304 e. The van der Waals surface area contributed by atoms with Crippen molar-refractivity contribution in [1.29, 1.82) is 0 Å². The molecule has 2 aromatic rings. The minimum atomic E-state index is -0.155. The van der Waals surface area contributed by atoms with Gasteiger partial charge in [0.2, 0.25) is 0 Å². The zero-order valence-corrected chi connectivity index (χ0v) is 14.0. The Morgan fingerprint density at radius 1 is 1.29 bits per heavy atom. The standard InChI is InChI=1S/C17H23FN2S/c1-5-9-19-16(13-7-8-14(18)11(3)10-13)17-20-15(6-2)12(4)21-17/h7-8,10,16,19H,5-6,9H2,1-4H3. The van der Waals surface area contributed by atoms with Crippen molar-refractivity contribution in [1.82, 2.24) is 10.3 Å². The van der Waals surface area contributed by atoms with Crippen molar-refractivity contribution < 1.29 is 4.39 Å². The van der Waals surface area contributed by atoms with Gasteiger partial charge in [-0.3, -0.25) is 0 Å². The summed E-state index contributed by atoms with van der Waals surface area (Å²) in [4.78, 5) is 6.05. The molecular weight excluding hydrogens is 283 g/mol. The minimum absolute atomic E-state index is 0.0493. The molecule has 0 fully saturated rings. The molecule has 0 aliphatic carbocycles. The van der Waals surface area contributed by atoms with E-state index in [1.54, 1.807) is 24.3 Å². The lowest BCUT2D eigenvalue weighted by atomic mass is 10.0. The van der Waals surface area contributed by atoms with E-state index in [9.17, 15) is 4.39 Å². The molecule has 0 radical (unpaired) electrons. The zero-order chi connectivity index (χ0) is 15.4. The maximum atomic E-state index is 13.5. The summed E-state index contributed by atoms with van der Waals surface area (Å²) in [7, 11) is 0. The molecule has 1 aromatic carbocycles. The van der Waals surface area contributed by atoms with Gasteiger partial charge < -0.3 is 5.32 Å². The van der Waals surface area contributed by atoms with E-state index in [1.807, 2.05) is 12.1 Å². The molecule has 1 aromatic heterocycles. The van der Waals surface area contributed by atoms with Gasteiger partial charge in [-0.15, -0.1) is 11.3 Å². The Hall–Kier alpha value is -1.26. The van der Waals surface area contributed by atoms with Crippen molar-refractivity contribution in [3.8, 4) is 0 Å². The average Bonchev–Trinajstić information content (AvgIpc) is 2.84. The SMILES string of the molecule is CCCNC(c1ccc(F)c(C)c1)c1nc(CC)c(C)s1. The number of nitrogens with zero attached hydrogens (tertiary/aromatic N) is 1. The molecule has 0 aliphatic heterocycles. The number of halogens is 1. The summed E-state index contributed by atoms with van der Waals surface area (Å²) in [6.45, 7) is 9.11. The first-order chi connectivity index (χ1) is 10.1. The molecule has 2 nitrogen and oxygen atoms in total. The van der Waals surface area contributed by atoms with Gasteiger partial charge in [-0.05, 0) is 50.4 Å². The summed E-state index contributed by atoms with van der Waals surface area (Å²) < 4.78 is 13.5. The van der Waals surface area contributed by atoms with Gasteiger partial charge in [0, 0.05) is 4.88 Å². The molecule has 0 spiro atoms. The molecule has 0 saturated carbocycles. The van der Waals surface area contributed by atoms with Gasteiger partial charge in [0.1, 0.15) is 10.8 Å². The van der Waals surface area contributed by atoms with Gasteiger partial charge in [0.05, 0.1) is 11.7 Å². The van der Waals surface area contributed by atoms with Gasteiger partial charge in [-0.2, -0.15) is 0 Å². The number of rotatable bonds is 6. The number of hydrogen-bond donors (Lipinski definition) is 1. The van der Waals surface area contributed by atoms with Gasteiger partial charge in [-0.1, -0.05) is 26.0 Å². The first-order valence-corrected chi connectivity index (χ1v) is 8.34. The molecule has 0 saturated heterocycles. The van der Waals surface area contributed by atoms with Crippen LogP contribution in [0.2, 0.25) is 0 Å². The van der Waals surface area contributed by atoms with Crippen LogP contribution in [0.3, 0.4) is 0 Å². The van der Waals surface area contributed by atoms with Crippen molar-refractivity contribution >= 4 is 11.3 Å². The van der Waals surface area contributed by atoms with Crippen LogP contribution in [0.5, 0.6) is 0 Å². The lowest BCUT2D eigenvalue weighted by Gasteiger charge is -2.17. The highest BCUT2D eigenvalue weighted by Gasteiger charge is 2.19. The fraction of sp³-hybridized carbons (Fsp3) is 0.471.